The Morgan fingerprint density at radius 1 is 1.39 bits per heavy atom. The van der Waals surface area contributed by atoms with Crippen LogP contribution in [-0.2, 0) is 0 Å². The second-order valence-corrected chi connectivity index (χ2v) is 6.13. The summed E-state index contributed by atoms with van der Waals surface area (Å²) in [7, 11) is 1.55. The summed E-state index contributed by atoms with van der Waals surface area (Å²) < 4.78 is 16.5. The van der Waals surface area contributed by atoms with Gasteiger partial charge in [-0.15, -0.1) is 11.3 Å². The monoisotopic (exact) mass is 333 g/mol. The van der Waals surface area contributed by atoms with Crippen molar-refractivity contribution in [2.24, 2.45) is 0 Å². The highest BCUT2D eigenvalue weighted by Crippen LogP contribution is 2.40. The third kappa shape index (κ3) is 3.27. The van der Waals surface area contributed by atoms with Gasteiger partial charge in [0.1, 0.15) is 13.2 Å². The summed E-state index contributed by atoms with van der Waals surface area (Å²) in [6.45, 7) is 2.99. The van der Waals surface area contributed by atoms with Gasteiger partial charge in [0.05, 0.1) is 13.2 Å². The predicted molar refractivity (Wildman–Crippen MR) is 88.8 cm³/mol. The van der Waals surface area contributed by atoms with Gasteiger partial charge in [0.25, 0.3) is 5.91 Å². The van der Waals surface area contributed by atoms with Crippen molar-refractivity contribution in [1.29, 1.82) is 0 Å². The van der Waals surface area contributed by atoms with Crippen LogP contribution in [0.2, 0.25) is 0 Å². The van der Waals surface area contributed by atoms with Crippen molar-refractivity contribution in [3.8, 4) is 17.2 Å². The van der Waals surface area contributed by atoms with Gasteiger partial charge >= 0.3 is 0 Å². The first-order chi connectivity index (χ1) is 11.2. The van der Waals surface area contributed by atoms with Crippen molar-refractivity contribution in [1.82, 2.24) is 5.32 Å². The van der Waals surface area contributed by atoms with E-state index in [4.69, 9.17) is 14.2 Å². The summed E-state index contributed by atoms with van der Waals surface area (Å²) >= 11 is 1.64. The number of benzene rings is 1. The summed E-state index contributed by atoms with van der Waals surface area (Å²) in [4.78, 5) is 13.7. The van der Waals surface area contributed by atoms with E-state index in [0.29, 0.717) is 36.0 Å². The molecule has 0 aliphatic carbocycles. The van der Waals surface area contributed by atoms with Gasteiger partial charge in [-0.3, -0.25) is 4.79 Å². The first-order valence-corrected chi connectivity index (χ1v) is 8.42. The van der Waals surface area contributed by atoms with Gasteiger partial charge in [0.2, 0.25) is 5.75 Å². The first kappa shape index (κ1) is 15.7. The number of carbonyl (C=O) groups is 1. The van der Waals surface area contributed by atoms with E-state index in [0.717, 1.165) is 11.3 Å². The Morgan fingerprint density at radius 3 is 2.91 bits per heavy atom. The standard InChI is InChI=1S/C17H19NO4S/c1-3-12(15-5-4-8-23-15)18-17(19)11-9-13(20-2)16-14(10-11)21-6-7-22-16/h4-5,8-10,12H,3,6-7H2,1-2H3,(H,18,19)/t12-/m1/s1. The number of amides is 1. The zero-order valence-electron chi connectivity index (χ0n) is 13.1. The molecule has 1 N–H and O–H groups in total. The van der Waals surface area contributed by atoms with E-state index in [1.165, 1.54) is 0 Å². The van der Waals surface area contributed by atoms with E-state index >= 15 is 0 Å². The second kappa shape index (κ2) is 6.91. The lowest BCUT2D eigenvalue weighted by molar-refractivity contribution is 0.0934. The molecule has 1 aromatic carbocycles. The van der Waals surface area contributed by atoms with E-state index in [2.05, 4.69) is 12.2 Å². The van der Waals surface area contributed by atoms with Crippen LogP contribution >= 0.6 is 11.3 Å². The van der Waals surface area contributed by atoms with Crippen LogP contribution in [0.5, 0.6) is 17.2 Å². The second-order valence-electron chi connectivity index (χ2n) is 5.15. The number of fused-ring (bicyclic) bond motifs is 1. The van der Waals surface area contributed by atoms with Gasteiger partial charge in [-0.05, 0) is 30.0 Å². The molecule has 5 nitrogen and oxygen atoms in total. The van der Waals surface area contributed by atoms with E-state index in [1.54, 1.807) is 30.6 Å². The fraction of sp³-hybridized carbons (Fsp3) is 0.353. The zero-order chi connectivity index (χ0) is 16.2. The molecule has 0 spiro atoms. The van der Waals surface area contributed by atoms with Crippen molar-refractivity contribution >= 4 is 17.2 Å². The summed E-state index contributed by atoms with van der Waals surface area (Å²) in [6.07, 6.45) is 0.827. The molecule has 1 aromatic heterocycles. The van der Waals surface area contributed by atoms with Gasteiger partial charge in [-0.1, -0.05) is 13.0 Å². The number of ether oxygens (including phenoxy) is 3. The third-order valence-corrected chi connectivity index (χ3v) is 4.68. The summed E-state index contributed by atoms with van der Waals surface area (Å²) in [5, 5.41) is 5.07. The molecule has 0 saturated heterocycles. The lowest BCUT2D eigenvalue weighted by atomic mass is 10.1. The number of hydrogen-bond acceptors (Lipinski definition) is 5. The largest absolute Gasteiger partial charge is 0.493 e. The van der Waals surface area contributed by atoms with Crippen molar-refractivity contribution in [3.05, 3.63) is 40.1 Å². The average Bonchev–Trinajstić information content (AvgIpc) is 3.12. The minimum absolute atomic E-state index is 0.00157. The molecule has 1 aliphatic rings. The average molecular weight is 333 g/mol. The predicted octanol–water partition coefficient (Wildman–Crippen LogP) is 3.41. The highest BCUT2D eigenvalue weighted by molar-refractivity contribution is 7.10. The van der Waals surface area contributed by atoms with Crippen molar-refractivity contribution < 1.29 is 19.0 Å². The molecule has 1 atom stereocenters. The Balaban J connectivity index is 1.84. The third-order valence-electron chi connectivity index (χ3n) is 3.69. The number of rotatable bonds is 5. The van der Waals surface area contributed by atoms with Crippen LogP contribution in [0.3, 0.4) is 0 Å². The van der Waals surface area contributed by atoms with E-state index < -0.39 is 0 Å². The Bertz CT molecular complexity index is 667. The van der Waals surface area contributed by atoms with Gasteiger partial charge < -0.3 is 19.5 Å². The molecule has 1 aliphatic heterocycles. The number of hydrogen-bond donors (Lipinski definition) is 1. The minimum Gasteiger partial charge on any atom is -0.493 e. The number of thiophene rings is 1. The van der Waals surface area contributed by atoms with Crippen LogP contribution in [0.1, 0.15) is 34.6 Å². The molecule has 0 radical (unpaired) electrons. The number of nitrogens with one attached hydrogen (secondary N) is 1. The minimum atomic E-state index is -0.152. The quantitative estimate of drug-likeness (QED) is 0.911. The molecule has 3 rings (SSSR count). The Morgan fingerprint density at radius 2 is 2.22 bits per heavy atom. The normalized spacial score (nSPS) is 14.2. The summed E-state index contributed by atoms with van der Waals surface area (Å²) in [5.74, 6) is 1.46. The van der Waals surface area contributed by atoms with Crippen molar-refractivity contribution in [3.63, 3.8) is 0 Å². The van der Waals surface area contributed by atoms with Crippen molar-refractivity contribution in [2.75, 3.05) is 20.3 Å². The van der Waals surface area contributed by atoms with Crippen molar-refractivity contribution in [2.45, 2.75) is 19.4 Å². The fourth-order valence-electron chi connectivity index (χ4n) is 2.51. The Kier molecular flexibility index (Phi) is 4.71. The molecule has 0 unspecified atom stereocenters. The van der Waals surface area contributed by atoms with Crippen LogP contribution < -0.4 is 19.5 Å². The maximum Gasteiger partial charge on any atom is 0.252 e. The zero-order valence-corrected chi connectivity index (χ0v) is 13.9. The molecule has 23 heavy (non-hydrogen) atoms. The maximum atomic E-state index is 12.6. The van der Waals surface area contributed by atoms with E-state index in [-0.39, 0.29) is 11.9 Å². The fourth-order valence-corrected chi connectivity index (χ4v) is 3.37. The maximum absolute atomic E-state index is 12.6. The first-order valence-electron chi connectivity index (χ1n) is 7.54. The molecule has 2 aromatic rings. The molecule has 0 saturated carbocycles. The van der Waals surface area contributed by atoms with Gasteiger partial charge in [0, 0.05) is 10.4 Å². The van der Waals surface area contributed by atoms with Gasteiger partial charge in [-0.2, -0.15) is 0 Å². The van der Waals surface area contributed by atoms with Crippen LogP contribution in [-0.4, -0.2) is 26.2 Å². The van der Waals surface area contributed by atoms with Gasteiger partial charge in [-0.25, -0.2) is 0 Å². The molecular formula is C17H19NO4S. The topological polar surface area (TPSA) is 56.8 Å². The number of carbonyl (C=O) groups excluding carboxylic acids is 1. The van der Waals surface area contributed by atoms with E-state index in [1.807, 2.05) is 17.5 Å². The molecule has 0 fully saturated rings. The number of methoxy groups -OCH3 is 1. The summed E-state index contributed by atoms with van der Waals surface area (Å²) in [5.41, 5.74) is 0.501. The molecule has 6 heteroatoms. The molecular weight excluding hydrogens is 314 g/mol. The highest BCUT2D eigenvalue weighted by Gasteiger charge is 2.22. The van der Waals surface area contributed by atoms with Crippen LogP contribution in [0.15, 0.2) is 29.6 Å². The smallest absolute Gasteiger partial charge is 0.252 e. The van der Waals surface area contributed by atoms with E-state index in [9.17, 15) is 4.79 Å². The highest BCUT2D eigenvalue weighted by atomic mass is 32.1. The molecule has 1 amide bonds. The van der Waals surface area contributed by atoms with Crippen LogP contribution in [0.25, 0.3) is 0 Å². The Labute approximate surface area is 139 Å². The molecule has 0 bridgehead atoms. The molecule has 2 heterocycles. The summed E-state index contributed by atoms with van der Waals surface area (Å²) in [6, 6.07) is 7.41. The lowest BCUT2D eigenvalue weighted by Crippen LogP contribution is -2.28. The Hall–Kier alpha value is -2.21. The lowest BCUT2D eigenvalue weighted by Gasteiger charge is -2.22. The van der Waals surface area contributed by atoms with Crippen LogP contribution in [0, 0.1) is 0 Å². The van der Waals surface area contributed by atoms with Crippen LogP contribution in [0.4, 0.5) is 0 Å². The molecule has 122 valence electrons. The van der Waals surface area contributed by atoms with Gasteiger partial charge in [0.15, 0.2) is 11.5 Å². The SMILES string of the molecule is CC[C@@H](NC(=O)c1cc(OC)c2c(c1)OCCO2)c1cccs1.